The van der Waals surface area contributed by atoms with Crippen LogP contribution >= 0.6 is 23.5 Å². The van der Waals surface area contributed by atoms with E-state index >= 15 is 0 Å². The van der Waals surface area contributed by atoms with Crippen molar-refractivity contribution in [1.82, 2.24) is 10.6 Å². The Morgan fingerprint density at radius 3 is 2.20 bits per heavy atom. The van der Waals surface area contributed by atoms with Crippen molar-refractivity contribution in [3.63, 3.8) is 0 Å². The quantitative estimate of drug-likeness (QED) is 0.438. The maximum atomic E-state index is 11.6. The van der Waals surface area contributed by atoms with Crippen molar-refractivity contribution in [2.24, 2.45) is 0 Å². The zero-order valence-corrected chi connectivity index (χ0v) is 16.7. The first kappa shape index (κ1) is 21.8. The van der Waals surface area contributed by atoms with E-state index in [1.54, 1.807) is 37.6 Å². The van der Waals surface area contributed by atoms with Crippen LogP contribution in [-0.4, -0.2) is 63.8 Å². The largest absolute Gasteiger partial charge is 0.468 e. The molecule has 0 aliphatic carbocycles. The Labute approximate surface area is 157 Å². The van der Waals surface area contributed by atoms with Crippen LogP contribution in [0, 0.1) is 0 Å². The lowest BCUT2D eigenvalue weighted by molar-refractivity contribution is -0.143. The van der Waals surface area contributed by atoms with Crippen molar-refractivity contribution in [2.75, 3.05) is 39.8 Å². The van der Waals surface area contributed by atoms with Gasteiger partial charge in [-0.15, -0.1) is 11.8 Å². The summed E-state index contributed by atoms with van der Waals surface area (Å²) >= 11 is 3.27. The monoisotopic (exact) mass is 386 g/mol. The molecule has 25 heavy (non-hydrogen) atoms. The molecule has 8 heteroatoms. The highest BCUT2D eigenvalue weighted by atomic mass is 32.2. The smallest absolute Gasteiger partial charge is 0.323 e. The predicted molar refractivity (Wildman–Crippen MR) is 103 cm³/mol. The lowest BCUT2D eigenvalue weighted by Crippen LogP contribution is -2.37. The van der Waals surface area contributed by atoms with Crippen LogP contribution in [0.1, 0.15) is 5.56 Å². The van der Waals surface area contributed by atoms with E-state index in [-0.39, 0.29) is 24.0 Å². The number of rotatable bonds is 11. The van der Waals surface area contributed by atoms with Gasteiger partial charge in [-0.2, -0.15) is 11.8 Å². The van der Waals surface area contributed by atoms with E-state index in [0.717, 1.165) is 10.6 Å². The first-order chi connectivity index (χ1) is 12.0. The minimum Gasteiger partial charge on any atom is -0.468 e. The SMILES string of the molecule is CNC(CSCc1cccc(SCC(NC)C(=O)OC)c1)C(=O)OC. The number of likely N-dealkylation sites (N-methyl/N-ethyl adjacent to an activating group) is 2. The van der Waals surface area contributed by atoms with Crippen molar-refractivity contribution in [2.45, 2.75) is 22.7 Å². The Morgan fingerprint density at radius 2 is 1.64 bits per heavy atom. The van der Waals surface area contributed by atoms with Gasteiger partial charge in [0, 0.05) is 22.2 Å². The third-order valence-electron chi connectivity index (χ3n) is 3.54. The second-order valence-corrected chi connectivity index (χ2v) is 7.33. The first-order valence-corrected chi connectivity index (χ1v) is 9.99. The van der Waals surface area contributed by atoms with Crippen LogP contribution in [0.4, 0.5) is 0 Å². The first-order valence-electron chi connectivity index (χ1n) is 7.85. The summed E-state index contributed by atoms with van der Waals surface area (Å²) in [6.45, 7) is 0. The number of hydrogen-bond acceptors (Lipinski definition) is 8. The molecule has 0 saturated heterocycles. The molecule has 0 aliphatic heterocycles. The molecule has 0 saturated carbocycles. The molecule has 140 valence electrons. The van der Waals surface area contributed by atoms with Crippen LogP contribution in [0.15, 0.2) is 29.2 Å². The van der Waals surface area contributed by atoms with Crippen LogP contribution in [0.3, 0.4) is 0 Å². The molecule has 2 unspecified atom stereocenters. The van der Waals surface area contributed by atoms with Gasteiger partial charge >= 0.3 is 11.9 Å². The molecule has 0 heterocycles. The summed E-state index contributed by atoms with van der Waals surface area (Å²) in [6, 6.07) is 7.55. The summed E-state index contributed by atoms with van der Waals surface area (Å²) < 4.78 is 9.53. The molecule has 1 aromatic carbocycles. The normalized spacial score (nSPS) is 13.1. The minimum absolute atomic E-state index is 0.250. The molecule has 0 aliphatic rings. The predicted octanol–water partition coefficient (Wildman–Crippen LogP) is 1.53. The molecule has 1 rings (SSSR count). The second kappa shape index (κ2) is 12.2. The summed E-state index contributed by atoms with van der Waals surface area (Å²) in [5.41, 5.74) is 1.17. The highest BCUT2D eigenvalue weighted by Crippen LogP contribution is 2.23. The molecule has 2 atom stereocenters. The van der Waals surface area contributed by atoms with Crippen LogP contribution in [0.2, 0.25) is 0 Å². The van der Waals surface area contributed by atoms with Crippen LogP contribution in [0.5, 0.6) is 0 Å². The Hall–Kier alpha value is -1.22. The van der Waals surface area contributed by atoms with E-state index in [1.807, 2.05) is 12.1 Å². The fourth-order valence-electron chi connectivity index (χ4n) is 2.02. The fraction of sp³-hybridized carbons (Fsp3) is 0.529. The van der Waals surface area contributed by atoms with E-state index in [9.17, 15) is 9.59 Å². The van der Waals surface area contributed by atoms with Crippen molar-refractivity contribution in [3.05, 3.63) is 29.8 Å². The average Bonchev–Trinajstić information content (AvgIpc) is 2.65. The highest BCUT2D eigenvalue weighted by Gasteiger charge is 2.17. The van der Waals surface area contributed by atoms with Gasteiger partial charge < -0.3 is 20.1 Å². The standard InChI is InChI=1S/C17H26N2O4S2/c1-18-14(16(20)22-3)10-24-9-12-6-5-7-13(8-12)25-11-15(19-2)17(21)23-4/h5-8,14-15,18-19H,9-11H2,1-4H3. The number of thioether (sulfide) groups is 2. The van der Waals surface area contributed by atoms with Gasteiger partial charge in [-0.1, -0.05) is 12.1 Å². The third-order valence-corrected chi connectivity index (χ3v) is 5.73. The molecule has 0 bridgehead atoms. The maximum absolute atomic E-state index is 11.6. The molecule has 0 radical (unpaired) electrons. The Balaban J connectivity index is 2.51. The third kappa shape index (κ3) is 7.68. The number of hydrogen-bond donors (Lipinski definition) is 2. The molecule has 0 amide bonds. The summed E-state index contributed by atoms with van der Waals surface area (Å²) in [5, 5.41) is 5.91. The Kier molecular flexibility index (Phi) is 10.6. The molecular formula is C17H26N2O4S2. The molecule has 1 aromatic rings. The van der Waals surface area contributed by atoms with E-state index in [2.05, 4.69) is 22.8 Å². The number of carbonyl (C=O) groups is 2. The van der Waals surface area contributed by atoms with Gasteiger partial charge in [0.25, 0.3) is 0 Å². The zero-order valence-electron chi connectivity index (χ0n) is 15.0. The summed E-state index contributed by atoms with van der Waals surface area (Å²) in [6.07, 6.45) is 0. The Bertz CT molecular complexity index is 557. The van der Waals surface area contributed by atoms with Crippen molar-refractivity contribution >= 4 is 35.5 Å². The van der Waals surface area contributed by atoms with Gasteiger partial charge in [0.1, 0.15) is 12.1 Å². The maximum Gasteiger partial charge on any atom is 0.323 e. The zero-order chi connectivity index (χ0) is 18.7. The topological polar surface area (TPSA) is 76.7 Å². The van der Waals surface area contributed by atoms with Crippen LogP contribution in [0.25, 0.3) is 0 Å². The molecule has 0 spiro atoms. The summed E-state index contributed by atoms with van der Waals surface area (Å²) in [4.78, 5) is 24.2. The van der Waals surface area contributed by atoms with Gasteiger partial charge in [0.05, 0.1) is 14.2 Å². The number of carbonyl (C=O) groups excluding carboxylic acids is 2. The fourth-order valence-corrected chi connectivity index (χ4v) is 4.17. The molecule has 6 nitrogen and oxygen atoms in total. The van der Waals surface area contributed by atoms with E-state index in [1.165, 1.54) is 19.8 Å². The molecule has 2 N–H and O–H groups in total. The van der Waals surface area contributed by atoms with Crippen molar-refractivity contribution in [3.8, 4) is 0 Å². The van der Waals surface area contributed by atoms with Gasteiger partial charge in [0.2, 0.25) is 0 Å². The Morgan fingerprint density at radius 1 is 1.04 bits per heavy atom. The summed E-state index contributed by atoms with van der Waals surface area (Å²) in [7, 11) is 6.28. The molecule has 0 fully saturated rings. The van der Waals surface area contributed by atoms with Crippen molar-refractivity contribution < 1.29 is 19.1 Å². The van der Waals surface area contributed by atoms with E-state index in [0.29, 0.717) is 11.5 Å². The second-order valence-electron chi connectivity index (χ2n) is 5.20. The van der Waals surface area contributed by atoms with Crippen LogP contribution < -0.4 is 10.6 Å². The van der Waals surface area contributed by atoms with Crippen LogP contribution in [-0.2, 0) is 24.8 Å². The molecule has 0 aromatic heterocycles. The lowest BCUT2D eigenvalue weighted by atomic mass is 10.2. The highest BCUT2D eigenvalue weighted by molar-refractivity contribution is 7.99. The van der Waals surface area contributed by atoms with Gasteiger partial charge in [-0.25, -0.2) is 0 Å². The van der Waals surface area contributed by atoms with Gasteiger partial charge in [0.15, 0.2) is 0 Å². The van der Waals surface area contributed by atoms with E-state index in [4.69, 9.17) is 9.47 Å². The lowest BCUT2D eigenvalue weighted by Gasteiger charge is -2.14. The number of nitrogens with one attached hydrogen (secondary N) is 2. The number of ether oxygens (including phenoxy) is 2. The average molecular weight is 387 g/mol. The van der Waals surface area contributed by atoms with Gasteiger partial charge in [-0.3, -0.25) is 9.59 Å². The van der Waals surface area contributed by atoms with Gasteiger partial charge in [-0.05, 0) is 31.8 Å². The molecular weight excluding hydrogens is 360 g/mol. The number of benzene rings is 1. The van der Waals surface area contributed by atoms with Crippen molar-refractivity contribution in [1.29, 1.82) is 0 Å². The number of methoxy groups -OCH3 is 2. The van der Waals surface area contributed by atoms with E-state index < -0.39 is 0 Å². The number of esters is 2. The minimum atomic E-state index is -0.329. The summed E-state index contributed by atoms with van der Waals surface area (Å²) in [5.74, 6) is 1.54.